The Morgan fingerprint density at radius 1 is 0.821 bits per heavy atom. The summed E-state index contributed by atoms with van der Waals surface area (Å²) in [5.41, 5.74) is 4.41. The maximum absolute atomic E-state index is 13.3. The van der Waals surface area contributed by atoms with Gasteiger partial charge in [0.05, 0.1) is 30.0 Å². The molecule has 13 heteroatoms. The van der Waals surface area contributed by atoms with E-state index in [2.05, 4.69) is 63.2 Å². The number of nitrogens with one attached hydrogen (secondary N) is 1. The topological polar surface area (TPSA) is 144 Å². The summed E-state index contributed by atoms with van der Waals surface area (Å²) in [5.74, 6) is 0.292. The van der Waals surface area contributed by atoms with Crippen LogP contribution in [0.1, 0.15) is 82.6 Å². The van der Waals surface area contributed by atoms with Crippen molar-refractivity contribution in [2.75, 3.05) is 44.4 Å². The fourth-order valence-corrected chi connectivity index (χ4v) is 7.98. The first kappa shape index (κ1) is 37.3. The third kappa shape index (κ3) is 7.74. The van der Waals surface area contributed by atoms with Gasteiger partial charge in [-0.05, 0) is 85.0 Å². The van der Waals surface area contributed by atoms with Crippen LogP contribution in [0, 0.1) is 0 Å². The Labute approximate surface area is 325 Å². The number of imide groups is 2. The number of morpholine rings is 1. The zero-order valence-electron chi connectivity index (χ0n) is 31.7. The van der Waals surface area contributed by atoms with Gasteiger partial charge in [0.2, 0.25) is 17.8 Å². The van der Waals surface area contributed by atoms with Crippen LogP contribution in [-0.2, 0) is 32.9 Å². The summed E-state index contributed by atoms with van der Waals surface area (Å²) in [7, 11) is 0. The van der Waals surface area contributed by atoms with E-state index in [1.165, 1.54) is 5.56 Å². The SMILES string of the molecule is CC(C)(c1ccc(OCc2ccnc(N3CCOCC3)n2)cc1)c1ccc(OC[C@H]2CCCN2Cc2ccc3c(c2)C(=O)N(C2CCC(=O)NC2=O)C3=O)cc1. The lowest BCUT2D eigenvalue weighted by atomic mass is 9.78. The van der Waals surface area contributed by atoms with Crippen molar-refractivity contribution in [3.05, 3.63) is 113 Å². The maximum atomic E-state index is 13.3. The fourth-order valence-electron chi connectivity index (χ4n) is 7.98. The van der Waals surface area contributed by atoms with E-state index in [0.29, 0.717) is 44.5 Å². The van der Waals surface area contributed by atoms with E-state index < -0.39 is 29.7 Å². The first-order valence-electron chi connectivity index (χ1n) is 19.3. The van der Waals surface area contributed by atoms with Crippen molar-refractivity contribution in [1.82, 2.24) is 25.1 Å². The first-order chi connectivity index (χ1) is 27.1. The van der Waals surface area contributed by atoms with Gasteiger partial charge in [-0.1, -0.05) is 44.2 Å². The summed E-state index contributed by atoms with van der Waals surface area (Å²) in [6, 6.07) is 22.9. The average molecular weight is 759 g/mol. The molecular formula is C43H46N6O7. The summed E-state index contributed by atoms with van der Waals surface area (Å²) in [4.78, 5) is 65.1. The van der Waals surface area contributed by atoms with Gasteiger partial charge in [0.25, 0.3) is 11.8 Å². The predicted molar refractivity (Wildman–Crippen MR) is 206 cm³/mol. The minimum absolute atomic E-state index is 0.0886. The van der Waals surface area contributed by atoms with Gasteiger partial charge in [0.1, 0.15) is 30.8 Å². The average Bonchev–Trinajstić information content (AvgIpc) is 3.76. The minimum atomic E-state index is -0.979. The number of amides is 4. The smallest absolute Gasteiger partial charge is 0.262 e. The van der Waals surface area contributed by atoms with E-state index in [4.69, 9.17) is 14.2 Å². The highest BCUT2D eigenvalue weighted by Gasteiger charge is 2.44. The molecule has 3 saturated heterocycles. The normalized spacial score (nSPS) is 20.3. The lowest BCUT2D eigenvalue weighted by molar-refractivity contribution is -0.136. The molecule has 1 unspecified atom stereocenters. The fraction of sp³-hybridized carbons (Fsp3) is 0.395. The number of nitrogens with zero attached hydrogens (tertiary/aromatic N) is 5. The molecule has 1 aromatic heterocycles. The zero-order chi connectivity index (χ0) is 38.8. The summed E-state index contributed by atoms with van der Waals surface area (Å²) in [6.07, 6.45) is 4.02. The summed E-state index contributed by atoms with van der Waals surface area (Å²) < 4.78 is 17.8. The van der Waals surface area contributed by atoms with Gasteiger partial charge in [0, 0.05) is 43.7 Å². The maximum Gasteiger partial charge on any atom is 0.262 e. The van der Waals surface area contributed by atoms with Crippen LogP contribution >= 0.6 is 0 Å². The molecule has 290 valence electrons. The minimum Gasteiger partial charge on any atom is -0.492 e. The Bertz CT molecular complexity index is 2120. The lowest BCUT2D eigenvalue weighted by Crippen LogP contribution is -2.54. The Kier molecular flexibility index (Phi) is 10.5. The third-order valence-corrected chi connectivity index (χ3v) is 11.4. The van der Waals surface area contributed by atoms with Crippen molar-refractivity contribution in [1.29, 1.82) is 0 Å². The van der Waals surface area contributed by atoms with E-state index in [9.17, 15) is 19.2 Å². The molecule has 0 saturated carbocycles. The van der Waals surface area contributed by atoms with E-state index in [1.54, 1.807) is 18.3 Å². The van der Waals surface area contributed by atoms with Gasteiger partial charge in [-0.2, -0.15) is 0 Å². The molecule has 8 rings (SSSR count). The molecule has 4 aliphatic rings. The molecule has 3 aromatic carbocycles. The zero-order valence-corrected chi connectivity index (χ0v) is 31.7. The van der Waals surface area contributed by atoms with Gasteiger partial charge >= 0.3 is 0 Å². The number of piperidine rings is 1. The summed E-state index contributed by atoms with van der Waals surface area (Å²) in [6.45, 7) is 9.72. The van der Waals surface area contributed by atoms with Gasteiger partial charge in [-0.3, -0.25) is 34.3 Å². The molecule has 0 bridgehead atoms. The third-order valence-electron chi connectivity index (χ3n) is 11.4. The number of benzene rings is 3. The first-order valence-corrected chi connectivity index (χ1v) is 19.3. The number of rotatable bonds is 12. The van der Waals surface area contributed by atoms with E-state index in [0.717, 1.165) is 65.7 Å². The van der Waals surface area contributed by atoms with Crippen LogP contribution in [0.15, 0.2) is 79.0 Å². The van der Waals surface area contributed by atoms with Crippen LogP contribution in [-0.4, -0.2) is 94.9 Å². The van der Waals surface area contributed by atoms with Gasteiger partial charge in [-0.15, -0.1) is 0 Å². The Hall–Kier alpha value is -5.66. The van der Waals surface area contributed by atoms with Crippen LogP contribution in [0.25, 0.3) is 0 Å². The second kappa shape index (κ2) is 15.8. The standard InChI is InChI=1S/C43H46N6O7/c1-43(2,29-6-10-33(11-7-29)55-26-31-17-18-44-42(45-31)47-20-22-54-23-21-47)30-8-12-34(13-9-30)56-27-32-4-3-19-48(32)25-28-5-14-35-36(24-28)41(53)49(40(35)52)37-15-16-38(50)46-39(37)51/h5-14,17-18,24,32,37H,3-4,15-16,19-23,25-27H2,1-2H3,(H,46,50,51)/t32-,37?/m1/s1. The molecule has 1 N–H and O–H groups in total. The van der Waals surface area contributed by atoms with Gasteiger partial charge in [0.15, 0.2) is 0 Å². The van der Waals surface area contributed by atoms with Crippen LogP contribution in [0.4, 0.5) is 5.95 Å². The molecule has 4 aliphatic heterocycles. The second-order valence-electron chi connectivity index (χ2n) is 15.3. The number of carbonyl (C=O) groups is 4. The molecule has 2 atom stereocenters. The van der Waals surface area contributed by atoms with Gasteiger partial charge in [-0.25, -0.2) is 9.97 Å². The van der Waals surface area contributed by atoms with Crippen LogP contribution in [0.3, 0.4) is 0 Å². The molecule has 3 fully saturated rings. The number of ether oxygens (including phenoxy) is 3. The number of anilines is 1. The highest BCUT2D eigenvalue weighted by Crippen LogP contribution is 2.34. The molecule has 13 nitrogen and oxygen atoms in total. The molecule has 0 aliphatic carbocycles. The highest BCUT2D eigenvalue weighted by molar-refractivity contribution is 6.23. The molecule has 4 aromatic rings. The van der Waals surface area contributed by atoms with Crippen molar-refractivity contribution in [3.8, 4) is 11.5 Å². The number of fused-ring (bicyclic) bond motifs is 1. The predicted octanol–water partition coefficient (Wildman–Crippen LogP) is 4.66. The quantitative estimate of drug-likeness (QED) is 0.202. The molecule has 0 spiro atoms. The van der Waals surface area contributed by atoms with E-state index in [-0.39, 0.29) is 29.9 Å². The molecule has 0 radical (unpaired) electrons. The lowest BCUT2D eigenvalue weighted by Gasteiger charge is -2.27. The Balaban J connectivity index is 0.841. The van der Waals surface area contributed by atoms with E-state index in [1.807, 2.05) is 36.4 Å². The van der Waals surface area contributed by atoms with Crippen molar-refractivity contribution < 1.29 is 33.4 Å². The largest absolute Gasteiger partial charge is 0.492 e. The summed E-state index contributed by atoms with van der Waals surface area (Å²) >= 11 is 0. The number of carbonyl (C=O) groups excluding carboxylic acids is 4. The number of hydrogen-bond donors (Lipinski definition) is 1. The number of aromatic nitrogens is 2. The Morgan fingerprint density at radius 3 is 2.23 bits per heavy atom. The molecule has 4 amide bonds. The van der Waals surface area contributed by atoms with Crippen molar-refractivity contribution in [2.45, 2.75) is 70.2 Å². The number of likely N-dealkylation sites (tertiary alicyclic amines) is 1. The van der Waals surface area contributed by atoms with Crippen molar-refractivity contribution >= 4 is 29.6 Å². The molecular weight excluding hydrogens is 713 g/mol. The molecule has 56 heavy (non-hydrogen) atoms. The second-order valence-corrected chi connectivity index (χ2v) is 15.3. The van der Waals surface area contributed by atoms with Gasteiger partial charge < -0.3 is 19.1 Å². The Morgan fingerprint density at radius 2 is 1.52 bits per heavy atom. The monoisotopic (exact) mass is 758 g/mol. The molecule has 5 heterocycles. The highest BCUT2D eigenvalue weighted by atomic mass is 16.5. The van der Waals surface area contributed by atoms with E-state index >= 15 is 0 Å². The van der Waals surface area contributed by atoms with Crippen LogP contribution in [0.2, 0.25) is 0 Å². The van der Waals surface area contributed by atoms with Crippen molar-refractivity contribution in [3.63, 3.8) is 0 Å². The van der Waals surface area contributed by atoms with Crippen molar-refractivity contribution in [2.24, 2.45) is 0 Å². The van der Waals surface area contributed by atoms with Crippen LogP contribution in [0.5, 0.6) is 11.5 Å². The number of hydrogen-bond acceptors (Lipinski definition) is 11. The van der Waals surface area contributed by atoms with Crippen LogP contribution < -0.4 is 19.7 Å². The summed E-state index contributed by atoms with van der Waals surface area (Å²) in [5, 5.41) is 2.24.